The van der Waals surface area contributed by atoms with Crippen molar-refractivity contribution in [1.82, 2.24) is 4.98 Å². The van der Waals surface area contributed by atoms with Crippen molar-refractivity contribution in [2.24, 2.45) is 0 Å². The second-order valence-electron chi connectivity index (χ2n) is 3.22. The number of aromatic nitrogens is 1. The fraction of sp³-hybridized carbons (Fsp3) is 0.0833. The third-order valence-corrected chi connectivity index (χ3v) is 2.37. The molecule has 1 aromatic carbocycles. The van der Waals surface area contributed by atoms with E-state index in [9.17, 15) is 4.79 Å². The molecule has 0 amide bonds. The summed E-state index contributed by atoms with van der Waals surface area (Å²) in [6.45, 7) is 3.76. The summed E-state index contributed by atoms with van der Waals surface area (Å²) in [6.07, 6.45) is 1.84. The SMILES string of the molecule is [CH2]Cc1c(C(=O)O)cnc2ccccc12. The van der Waals surface area contributed by atoms with E-state index in [0.717, 1.165) is 16.5 Å². The summed E-state index contributed by atoms with van der Waals surface area (Å²) in [5.41, 5.74) is 1.79. The lowest BCUT2D eigenvalue weighted by molar-refractivity contribution is 0.0695. The lowest BCUT2D eigenvalue weighted by atomic mass is 10.0. The fourth-order valence-electron chi connectivity index (χ4n) is 1.65. The number of benzene rings is 1. The Morgan fingerprint density at radius 2 is 2.13 bits per heavy atom. The van der Waals surface area contributed by atoms with Crippen LogP contribution in [0.15, 0.2) is 30.5 Å². The van der Waals surface area contributed by atoms with Gasteiger partial charge in [0.15, 0.2) is 0 Å². The van der Waals surface area contributed by atoms with E-state index in [4.69, 9.17) is 5.11 Å². The molecule has 2 aromatic rings. The minimum Gasteiger partial charge on any atom is -0.478 e. The molecule has 3 heteroatoms. The molecule has 1 N–H and O–H groups in total. The summed E-state index contributed by atoms with van der Waals surface area (Å²) < 4.78 is 0. The van der Waals surface area contributed by atoms with Gasteiger partial charge < -0.3 is 5.11 Å². The van der Waals surface area contributed by atoms with Crippen molar-refractivity contribution in [3.05, 3.63) is 48.5 Å². The number of hydrogen-bond donors (Lipinski definition) is 1. The Balaban J connectivity index is 2.81. The number of carboxylic acids is 1. The smallest absolute Gasteiger partial charge is 0.337 e. The predicted octanol–water partition coefficient (Wildman–Crippen LogP) is 2.31. The molecule has 0 aliphatic heterocycles. The molecule has 0 aliphatic carbocycles. The van der Waals surface area contributed by atoms with Crippen LogP contribution in [0.3, 0.4) is 0 Å². The predicted molar refractivity (Wildman–Crippen MR) is 57.8 cm³/mol. The maximum Gasteiger partial charge on any atom is 0.337 e. The van der Waals surface area contributed by atoms with Gasteiger partial charge in [-0.2, -0.15) is 0 Å². The third-order valence-electron chi connectivity index (χ3n) is 2.37. The molecule has 0 atom stereocenters. The molecule has 1 heterocycles. The summed E-state index contributed by atoms with van der Waals surface area (Å²) in [5, 5.41) is 9.86. The van der Waals surface area contributed by atoms with Crippen molar-refractivity contribution < 1.29 is 9.90 Å². The number of para-hydroxylation sites is 1. The van der Waals surface area contributed by atoms with Crippen molar-refractivity contribution in [2.45, 2.75) is 6.42 Å². The highest BCUT2D eigenvalue weighted by Gasteiger charge is 2.12. The van der Waals surface area contributed by atoms with Crippen LogP contribution in [-0.4, -0.2) is 16.1 Å². The third kappa shape index (κ3) is 1.56. The number of nitrogens with zero attached hydrogens (tertiary/aromatic N) is 1. The highest BCUT2D eigenvalue weighted by atomic mass is 16.4. The first-order valence-electron chi connectivity index (χ1n) is 4.63. The van der Waals surface area contributed by atoms with E-state index in [-0.39, 0.29) is 5.56 Å². The van der Waals surface area contributed by atoms with Gasteiger partial charge in [0, 0.05) is 11.6 Å². The van der Waals surface area contributed by atoms with Crippen LogP contribution >= 0.6 is 0 Å². The molecule has 2 rings (SSSR count). The second-order valence-corrected chi connectivity index (χ2v) is 3.22. The summed E-state index contributed by atoms with van der Waals surface area (Å²) in [5.74, 6) is -0.952. The Hall–Kier alpha value is -1.90. The van der Waals surface area contributed by atoms with E-state index in [1.54, 1.807) is 0 Å². The van der Waals surface area contributed by atoms with Gasteiger partial charge >= 0.3 is 5.97 Å². The Labute approximate surface area is 87.4 Å². The quantitative estimate of drug-likeness (QED) is 0.809. The summed E-state index contributed by atoms with van der Waals surface area (Å²) in [4.78, 5) is 15.1. The minimum atomic E-state index is -0.952. The van der Waals surface area contributed by atoms with Crippen LogP contribution in [0.5, 0.6) is 0 Å². The van der Waals surface area contributed by atoms with Crippen molar-refractivity contribution in [1.29, 1.82) is 0 Å². The van der Waals surface area contributed by atoms with Crippen molar-refractivity contribution in [2.75, 3.05) is 0 Å². The summed E-state index contributed by atoms with van der Waals surface area (Å²) in [7, 11) is 0. The highest BCUT2D eigenvalue weighted by Crippen LogP contribution is 2.20. The molecular formula is C12H10NO2. The van der Waals surface area contributed by atoms with E-state index in [1.165, 1.54) is 6.20 Å². The minimum absolute atomic E-state index is 0.240. The number of carboxylic acid groups (broad SMARTS) is 1. The molecule has 0 saturated heterocycles. The van der Waals surface area contributed by atoms with E-state index in [2.05, 4.69) is 11.9 Å². The lowest BCUT2D eigenvalue weighted by Crippen LogP contribution is -2.03. The van der Waals surface area contributed by atoms with Gasteiger partial charge in [0.05, 0.1) is 11.1 Å². The lowest BCUT2D eigenvalue weighted by Gasteiger charge is -2.06. The molecule has 0 fully saturated rings. The Morgan fingerprint density at radius 1 is 1.40 bits per heavy atom. The number of pyridine rings is 1. The van der Waals surface area contributed by atoms with E-state index < -0.39 is 5.97 Å². The maximum absolute atomic E-state index is 11.0. The molecule has 3 nitrogen and oxygen atoms in total. The van der Waals surface area contributed by atoms with Crippen LogP contribution < -0.4 is 0 Å². The zero-order valence-electron chi connectivity index (χ0n) is 8.10. The first-order valence-corrected chi connectivity index (χ1v) is 4.63. The Kier molecular flexibility index (Phi) is 2.37. The topological polar surface area (TPSA) is 50.2 Å². The van der Waals surface area contributed by atoms with Gasteiger partial charge in [-0.1, -0.05) is 18.2 Å². The van der Waals surface area contributed by atoms with Crippen LogP contribution in [0.25, 0.3) is 10.9 Å². The molecule has 0 bridgehead atoms. The number of rotatable bonds is 2. The fourth-order valence-corrected chi connectivity index (χ4v) is 1.65. The van der Waals surface area contributed by atoms with Crippen molar-refractivity contribution >= 4 is 16.9 Å². The monoisotopic (exact) mass is 200 g/mol. The van der Waals surface area contributed by atoms with E-state index >= 15 is 0 Å². The van der Waals surface area contributed by atoms with Crippen LogP contribution in [0.1, 0.15) is 15.9 Å². The van der Waals surface area contributed by atoms with E-state index in [1.807, 2.05) is 24.3 Å². The molecule has 0 unspecified atom stereocenters. The molecule has 0 aliphatic rings. The van der Waals surface area contributed by atoms with Crippen LogP contribution in [0.2, 0.25) is 0 Å². The molecule has 15 heavy (non-hydrogen) atoms. The van der Waals surface area contributed by atoms with Crippen LogP contribution in [-0.2, 0) is 6.42 Å². The van der Waals surface area contributed by atoms with Gasteiger partial charge in [-0.3, -0.25) is 4.98 Å². The average Bonchev–Trinajstić information content (AvgIpc) is 2.27. The van der Waals surface area contributed by atoms with Crippen LogP contribution in [0.4, 0.5) is 0 Å². The summed E-state index contributed by atoms with van der Waals surface area (Å²) >= 11 is 0. The maximum atomic E-state index is 11.0. The standard InChI is InChI=1S/C12H10NO2/c1-2-8-9-5-3-4-6-11(9)13-7-10(8)12(14)15/h3-7H,1-2H2,(H,14,15). The average molecular weight is 200 g/mol. The number of aromatic carboxylic acids is 1. The largest absolute Gasteiger partial charge is 0.478 e. The normalized spacial score (nSPS) is 10.5. The molecule has 1 aromatic heterocycles. The molecule has 1 radical (unpaired) electrons. The first-order chi connectivity index (χ1) is 7.24. The number of hydrogen-bond acceptors (Lipinski definition) is 2. The van der Waals surface area contributed by atoms with Gasteiger partial charge in [-0.05, 0) is 25.0 Å². The Bertz CT molecular complexity index is 520. The highest BCUT2D eigenvalue weighted by molar-refractivity contribution is 5.96. The zero-order valence-corrected chi connectivity index (χ0v) is 8.10. The van der Waals surface area contributed by atoms with Gasteiger partial charge in [-0.15, -0.1) is 0 Å². The molecular weight excluding hydrogens is 190 g/mol. The van der Waals surface area contributed by atoms with Gasteiger partial charge in [0.2, 0.25) is 0 Å². The van der Waals surface area contributed by atoms with E-state index in [0.29, 0.717) is 6.42 Å². The molecule has 0 saturated carbocycles. The molecule has 0 spiro atoms. The number of fused-ring (bicyclic) bond motifs is 1. The van der Waals surface area contributed by atoms with Crippen molar-refractivity contribution in [3.63, 3.8) is 0 Å². The van der Waals surface area contributed by atoms with Gasteiger partial charge in [0.25, 0.3) is 0 Å². The zero-order chi connectivity index (χ0) is 10.8. The second kappa shape index (κ2) is 3.69. The molecule has 75 valence electrons. The van der Waals surface area contributed by atoms with Crippen molar-refractivity contribution in [3.8, 4) is 0 Å². The Morgan fingerprint density at radius 3 is 2.80 bits per heavy atom. The first kappa shape index (κ1) is 9.65. The van der Waals surface area contributed by atoms with Gasteiger partial charge in [0.1, 0.15) is 0 Å². The van der Waals surface area contributed by atoms with Crippen LogP contribution in [0, 0.1) is 6.92 Å². The summed E-state index contributed by atoms with van der Waals surface area (Å²) in [6, 6.07) is 7.48. The van der Waals surface area contributed by atoms with Gasteiger partial charge in [-0.25, -0.2) is 4.79 Å². The number of carbonyl (C=O) groups is 1.